The van der Waals surface area contributed by atoms with E-state index in [1.807, 2.05) is 35.8 Å². The van der Waals surface area contributed by atoms with Crippen LogP contribution in [0, 0.1) is 5.92 Å². The lowest BCUT2D eigenvalue weighted by molar-refractivity contribution is 0.340. The Morgan fingerprint density at radius 2 is 1.83 bits per heavy atom. The summed E-state index contributed by atoms with van der Waals surface area (Å²) in [6.45, 7) is 6.06. The lowest BCUT2D eigenvalue weighted by atomic mass is 10.1. The smallest absolute Gasteiger partial charge is 0.332 e. The summed E-state index contributed by atoms with van der Waals surface area (Å²) >= 11 is 12.3. The number of nitrogens with zero attached hydrogens (tertiary/aromatic N) is 5. The quantitative estimate of drug-likeness (QED) is 0.394. The maximum absolute atomic E-state index is 13.7. The fraction of sp³-hybridized carbons (Fsp3) is 0.320. The molecule has 35 heavy (non-hydrogen) atoms. The molecule has 5 rings (SSSR count). The number of halogens is 2. The fourth-order valence-corrected chi connectivity index (χ4v) is 5.04. The number of aryl methyl sites for hydroxylation is 1. The van der Waals surface area contributed by atoms with Crippen molar-refractivity contribution in [3.05, 3.63) is 78.9 Å². The van der Waals surface area contributed by atoms with Crippen LogP contribution in [-0.4, -0.2) is 31.8 Å². The second-order valence-electron chi connectivity index (χ2n) is 8.81. The summed E-state index contributed by atoms with van der Waals surface area (Å²) in [6.07, 6.45) is 0. The topological polar surface area (TPSA) is 74.3 Å². The largest absolute Gasteiger partial charge is 0.494 e. The van der Waals surface area contributed by atoms with Crippen LogP contribution in [0.5, 0.6) is 5.75 Å². The lowest BCUT2D eigenvalue weighted by Crippen LogP contribution is -2.40. The molecule has 1 atom stereocenters. The maximum atomic E-state index is 13.7. The first-order chi connectivity index (χ1) is 16.8. The highest BCUT2D eigenvalue weighted by molar-refractivity contribution is 6.35. The molecule has 0 spiro atoms. The molecule has 0 N–H and O–H groups in total. The van der Waals surface area contributed by atoms with Gasteiger partial charge in [-0.15, -0.1) is 0 Å². The normalized spacial score (nSPS) is 15.5. The molecule has 10 heteroatoms. The summed E-state index contributed by atoms with van der Waals surface area (Å²) in [5, 5.41) is 0.889. The number of hydrogen-bond donors (Lipinski definition) is 0. The number of hydrogen-bond acceptors (Lipinski definition) is 5. The highest BCUT2D eigenvalue weighted by Gasteiger charge is 2.30. The van der Waals surface area contributed by atoms with E-state index in [1.54, 1.807) is 25.2 Å². The van der Waals surface area contributed by atoms with Gasteiger partial charge in [0.2, 0.25) is 5.95 Å². The number of rotatable bonds is 5. The van der Waals surface area contributed by atoms with Crippen LogP contribution in [0.25, 0.3) is 11.2 Å². The molecule has 0 aliphatic carbocycles. The van der Waals surface area contributed by atoms with Crippen molar-refractivity contribution in [2.75, 3.05) is 18.1 Å². The van der Waals surface area contributed by atoms with Gasteiger partial charge in [0.15, 0.2) is 11.2 Å². The second-order valence-corrected chi connectivity index (χ2v) is 9.65. The lowest BCUT2D eigenvalue weighted by Gasteiger charge is -2.33. The van der Waals surface area contributed by atoms with E-state index in [1.165, 1.54) is 9.13 Å². The number of aromatic nitrogens is 4. The van der Waals surface area contributed by atoms with Crippen LogP contribution >= 0.6 is 23.2 Å². The molecule has 0 saturated carbocycles. The van der Waals surface area contributed by atoms with Gasteiger partial charge in [0.1, 0.15) is 5.75 Å². The SMILES string of the molecule is CCOc1ccc(N2C[C@@H](C)Cn3c2nc2c3c(=O)n(Cc3ccc(Cl)cc3Cl)c(=O)n2C)cc1. The van der Waals surface area contributed by atoms with Crippen molar-refractivity contribution in [3.63, 3.8) is 0 Å². The number of imidazole rings is 1. The minimum Gasteiger partial charge on any atom is -0.494 e. The Balaban J connectivity index is 1.66. The first-order valence-electron chi connectivity index (χ1n) is 11.4. The minimum absolute atomic E-state index is 0.0378. The average molecular weight is 514 g/mol. The Kier molecular flexibility index (Phi) is 6.11. The molecule has 182 valence electrons. The molecular formula is C25H25Cl2N5O3. The van der Waals surface area contributed by atoms with Gasteiger partial charge in [0.25, 0.3) is 5.56 Å². The number of anilines is 2. The Labute approximate surface area is 211 Å². The molecule has 0 amide bonds. The molecule has 0 bridgehead atoms. The third-order valence-electron chi connectivity index (χ3n) is 6.25. The Hall–Kier alpha value is -3.23. The van der Waals surface area contributed by atoms with E-state index in [0.717, 1.165) is 18.0 Å². The highest BCUT2D eigenvalue weighted by atomic mass is 35.5. The molecule has 2 aromatic heterocycles. The third kappa shape index (κ3) is 4.10. The standard InChI is InChI=1S/C25H25Cl2N5O3/c1-4-35-19-9-7-18(8-10-19)30-12-15(2)13-31-21-22(28-24(30)31)29(3)25(34)32(23(21)33)14-16-5-6-17(26)11-20(16)27/h5-11,15H,4,12-14H2,1-3H3/t15-/m1/s1. The van der Waals surface area contributed by atoms with Gasteiger partial charge in [0.05, 0.1) is 13.2 Å². The third-order valence-corrected chi connectivity index (χ3v) is 6.83. The van der Waals surface area contributed by atoms with E-state index in [0.29, 0.717) is 45.9 Å². The Bertz CT molecular complexity index is 1540. The van der Waals surface area contributed by atoms with Crippen LogP contribution in [0.2, 0.25) is 10.0 Å². The van der Waals surface area contributed by atoms with Gasteiger partial charge < -0.3 is 14.2 Å². The van der Waals surface area contributed by atoms with Gasteiger partial charge >= 0.3 is 5.69 Å². The van der Waals surface area contributed by atoms with Crippen LogP contribution in [-0.2, 0) is 20.1 Å². The van der Waals surface area contributed by atoms with E-state index in [9.17, 15) is 9.59 Å². The first-order valence-corrected chi connectivity index (χ1v) is 12.2. The van der Waals surface area contributed by atoms with E-state index in [-0.39, 0.29) is 12.5 Å². The Morgan fingerprint density at radius 1 is 1.09 bits per heavy atom. The van der Waals surface area contributed by atoms with Gasteiger partial charge in [-0.3, -0.25) is 13.9 Å². The zero-order valence-corrected chi connectivity index (χ0v) is 21.2. The van der Waals surface area contributed by atoms with Crippen LogP contribution in [0.1, 0.15) is 19.4 Å². The van der Waals surface area contributed by atoms with Crippen LogP contribution in [0.3, 0.4) is 0 Å². The zero-order chi connectivity index (χ0) is 24.9. The predicted molar refractivity (Wildman–Crippen MR) is 139 cm³/mol. The summed E-state index contributed by atoms with van der Waals surface area (Å²) in [7, 11) is 1.63. The van der Waals surface area contributed by atoms with Crippen molar-refractivity contribution < 1.29 is 4.74 Å². The molecule has 8 nitrogen and oxygen atoms in total. The molecule has 0 radical (unpaired) electrons. The Morgan fingerprint density at radius 3 is 2.51 bits per heavy atom. The van der Waals surface area contributed by atoms with E-state index >= 15 is 0 Å². The molecule has 4 aromatic rings. The molecular weight excluding hydrogens is 489 g/mol. The van der Waals surface area contributed by atoms with Crippen molar-refractivity contribution in [2.24, 2.45) is 13.0 Å². The van der Waals surface area contributed by atoms with Gasteiger partial charge in [0, 0.05) is 35.9 Å². The average Bonchev–Trinajstić information content (AvgIpc) is 3.21. The van der Waals surface area contributed by atoms with Gasteiger partial charge in [-0.1, -0.05) is 36.2 Å². The van der Waals surface area contributed by atoms with Crippen molar-refractivity contribution in [2.45, 2.75) is 26.9 Å². The molecule has 2 aromatic carbocycles. The zero-order valence-electron chi connectivity index (χ0n) is 19.7. The van der Waals surface area contributed by atoms with Crippen molar-refractivity contribution in [1.29, 1.82) is 0 Å². The van der Waals surface area contributed by atoms with E-state index < -0.39 is 11.2 Å². The fourth-order valence-electron chi connectivity index (χ4n) is 4.57. The van der Waals surface area contributed by atoms with Crippen LogP contribution in [0.4, 0.5) is 11.6 Å². The highest BCUT2D eigenvalue weighted by Crippen LogP contribution is 2.33. The van der Waals surface area contributed by atoms with Crippen molar-refractivity contribution in [3.8, 4) is 5.75 Å². The molecule has 0 saturated heterocycles. The molecule has 1 aliphatic heterocycles. The molecule has 0 unspecified atom stereocenters. The number of ether oxygens (including phenoxy) is 1. The summed E-state index contributed by atoms with van der Waals surface area (Å²) < 4.78 is 10.1. The van der Waals surface area contributed by atoms with Crippen molar-refractivity contribution in [1.82, 2.24) is 18.7 Å². The second kappa shape index (κ2) is 9.09. The molecule has 0 fully saturated rings. The summed E-state index contributed by atoms with van der Waals surface area (Å²) in [4.78, 5) is 33.7. The predicted octanol–water partition coefficient (Wildman–Crippen LogP) is 4.44. The summed E-state index contributed by atoms with van der Waals surface area (Å²) in [6, 6.07) is 12.8. The first kappa shape index (κ1) is 23.5. The van der Waals surface area contributed by atoms with Gasteiger partial charge in [-0.2, -0.15) is 4.98 Å². The van der Waals surface area contributed by atoms with Crippen LogP contribution < -0.4 is 20.9 Å². The van der Waals surface area contributed by atoms with Gasteiger partial charge in [-0.05, 0) is 54.8 Å². The van der Waals surface area contributed by atoms with Gasteiger partial charge in [-0.25, -0.2) is 4.79 Å². The molecule has 1 aliphatic rings. The molecule has 3 heterocycles. The summed E-state index contributed by atoms with van der Waals surface area (Å²) in [5.74, 6) is 1.68. The minimum atomic E-state index is -0.454. The van der Waals surface area contributed by atoms with Crippen molar-refractivity contribution >= 4 is 46.0 Å². The summed E-state index contributed by atoms with van der Waals surface area (Å²) in [5.41, 5.74) is 1.48. The van der Waals surface area contributed by atoms with Crippen LogP contribution in [0.15, 0.2) is 52.1 Å². The maximum Gasteiger partial charge on any atom is 0.332 e. The van der Waals surface area contributed by atoms with E-state index in [2.05, 4.69) is 11.8 Å². The number of benzene rings is 2. The number of fused-ring (bicyclic) bond motifs is 3. The monoisotopic (exact) mass is 513 g/mol. The van der Waals surface area contributed by atoms with E-state index in [4.69, 9.17) is 32.9 Å².